The largest absolute Gasteiger partial charge is 0.497 e. The standard InChI is InChI=1S/C18H20ClNO4/c1-20(18(22)13-3-5-14(19)6-4-13)11-15(21)12-24-17-9-7-16(23-2)8-10-17/h3-10,15,21H,11-12H2,1-2H3/t15-/m1/s1. The maximum Gasteiger partial charge on any atom is 0.253 e. The van der Waals surface area contributed by atoms with E-state index in [1.807, 2.05) is 0 Å². The smallest absolute Gasteiger partial charge is 0.253 e. The number of aliphatic hydroxyl groups excluding tert-OH is 1. The van der Waals surface area contributed by atoms with Gasteiger partial charge in [0.15, 0.2) is 0 Å². The number of halogens is 1. The van der Waals surface area contributed by atoms with Crippen molar-refractivity contribution in [1.82, 2.24) is 4.90 Å². The van der Waals surface area contributed by atoms with E-state index < -0.39 is 6.10 Å². The molecule has 0 unspecified atom stereocenters. The molecule has 1 atom stereocenters. The SMILES string of the molecule is COc1ccc(OC[C@H](O)CN(C)C(=O)c2ccc(Cl)cc2)cc1. The van der Waals surface area contributed by atoms with Crippen LogP contribution in [-0.4, -0.2) is 49.3 Å². The summed E-state index contributed by atoms with van der Waals surface area (Å²) in [5.74, 6) is 1.17. The zero-order valence-corrected chi connectivity index (χ0v) is 14.4. The molecule has 0 saturated carbocycles. The minimum Gasteiger partial charge on any atom is -0.497 e. The van der Waals surface area contributed by atoms with Crippen molar-refractivity contribution in [1.29, 1.82) is 0 Å². The molecule has 0 spiro atoms. The van der Waals surface area contributed by atoms with Gasteiger partial charge in [-0.2, -0.15) is 0 Å². The van der Waals surface area contributed by atoms with Gasteiger partial charge in [-0.15, -0.1) is 0 Å². The van der Waals surface area contributed by atoms with Gasteiger partial charge >= 0.3 is 0 Å². The van der Waals surface area contributed by atoms with Gasteiger partial charge in [0.05, 0.1) is 7.11 Å². The lowest BCUT2D eigenvalue weighted by molar-refractivity contribution is 0.0563. The van der Waals surface area contributed by atoms with E-state index >= 15 is 0 Å². The maximum atomic E-state index is 12.3. The number of benzene rings is 2. The van der Waals surface area contributed by atoms with Crippen LogP contribution >= 0.6 is 11.6 Å². The number of aliphatic hydroxyl groups is 1. The van der Waals surface area contributed by atoms with Gasteiger partial charge in [-0.1, -0.05) is 11.6 Å². The van der Waals surface area contributed by atoms with Gasteiger partial charge in [0.2, 0.25) is 0 Å². The second-order valence-electron chi connectivity index (χ2n) is 5.33. The highest BCUT2D eigenvalue weighted by molar-refractivity contribution is 6.30. The Labute approximate surface area is 146 Å². The predicted octanol–water partition coefficient (Wildman–Crippen LogP) is 2.86. The first-order chi connectivity index (χ1) is 11.5. The van der Waals surface area contributed by atoms with E-state index in [2.05, 4.69) is 0 Å². The predicted molar refractivity (Wildman–Crippen MR) is 92.9 cm³/mol. The number of likely N-dealkylation sites (N-methyl/N-ethyl adjacent to an activating group) is 1. The van der Waals surface area contributed by atoms with E-state index in [1.54, 1.807) is 62.7 Å². The second-order valence-corrected chi connectivity index (χ2v) is 5.77. The summed E-state index contributed by atoms with van der Waals surface area (Å²) in [4.78, 5) is 13.7. The van der Waals surface area contributed by atoms with Gasteiger partial charge in [-0.3, -0.25) is 4.79 Å². The summed E-state index contributed by atoms with van der Waals surface area (Å²) in [6, 6.07) is 13.7. The molecular weight excluding hydrogens is 330 g/mol. The molecule has 0 heterocycles. The molecule has 0 aromatic heterocycles. The lowest BCUT2D eigenvalue weighted by Crippen LogP contribution is -2.37. The van der Waals surface area contributed by atoms with E-state index in [1.165, 1.54) is 4.90 Å². The first-order valence-corrected chi connectivity index (χ1v) is 7.83. The Morgan fingerprint density at radius 3 is 2.29 bits per heavy atom. The van der Waals surface area contributed by atoms with E-state index in [0.717, 1.165) is 5.75 Å². The van der Waals surface area contributed by atoms with Gasteiger partial charge in [-0.25, -0.2) is 0 Å². The van der Waals surface area contributed by atoms with Crippen LogP contribution in [0.2, 0.25) is 5.02 Å². The Kier molecular flexibility index (Phi) is 6.46. The van der Waals surface area contributed by atoms with Crippen LogP contribution in [0.1, 0.15) is 10.4 Å². The van der Waals surface area contributed by atoms with Crippen LogP contribution in [0.3, 0.4) is 0 Å². The Morgan fingerprint density at radius 1 is 1.12 bits per heavy atom. The number of hydrogen-bond donors (Lipinski definition) is 1. The lowest BCUT2D eigenvalue weighted by Gasteiger charge is -2.21. The van der Waals surface area contributed by atoms with Crippen LogP contribution in [0, 0.1) is 0 Å². The summed E-state index contributed by atoms with van der Waals surface area (Å²) >= 11 is 5.81. The molecule has 1 N–H and O–H groups in total. The Hall–Kier alpha value is -2.24. The van der Waals surface area contributed by atoms with Crippen LogP contribution in [0.15, 0.2) is 48.5 Å². The van der Waals surface area contributed by atoms with Crippen molar-refractivity contribution >= 4 is 17.5 Å². The molecule has 1 amide bonds. The fraction of sp³-hybridized carbons (Fsp3) is 0.278. The third kappa shape index (κ3) is 5.15. The van der Waals surface area contributed by atoms with Gasteiger partial charge in [0, 0.05) is 24.2 Å². The molecule has 0 aliphatic heterocycles. The van der Waals surface area contributed by atoms with Crippen molar-refractivity contribution in [2.24, 2.45) is 0 Å². The van der Waals surface area contributed by atoms with Gasteiger partial charge in [-0.05, 0) is 48.5 Å². The number of methoxy groups -OCH3 is 1. The molecule has 2 aromatic rings. The van der Waals surface area contributed by atoms with Crippen molar-refractivity contribution in [3.05, 3.63) is 59.1 Å². The van der Waals surface area contributed by atoms with Crippen LogP contribution < -0.4 is 9.47 Å². The van der Waals surface area contributed by atoms with Gasteiger partial charge in [0.25, 0.3) is 5.91 Å². The summed E-state index contributed by atoms with van der Waals surface area (Å²) in [5.41, 5.74) is 0.519. The lowest BCUT2D eigenvalue weighted by atomic mass is 10.2. The van der Waals surface area contributed by atoms with E-state index in [4.69, 9.17) is 21.1 Å². The second kappa shape index (κ2) is 8.57. The van der Waals surface area contributed by atoms with Crippen LogP contribution in [-0.2, 0) is 0 Å². The summed E-state index contributed by atoms with van der Waals surface area (Å²) in [6.07, 6.45) is -0.798. The Balaban J connectivity index is 1.83. The number of hydrogen-bond acceptors (Lipinski definition) is 4. The molecule has 5 nitrogen and oxygen atoms in total. The molecule has 2 rings (SSSR count). The summed E-state index contributed by atoms with van der Waals surface area (Å²) in [5, 5.41) is 10.6. The molecule has 2 aromatic carbocycles. The number of amides is 1. The van der Waals surface area contributed by atoms with Crippen LogP contribution in [0.4, 0.5) is 0 Å². The highest BCUT2D eigenvalue weighted by atomic mass is 35.5. The molecule has 0 aliphatic carbocycles. The zero-order valence-electron chi connectivity index (χ0n) is 13.6. The van der Waals surface area contributed by atoms with Crippen LogP contribution in [0.25, 0.3) is 0 Å². The monoisotopic (exact) mass is 349 g/mol. The quantitative estimate of drug-likeness (QED) is 0.835. The van der Waals surface area contributed by atoms with Crippen LogP contribution in [0.5, 0.6) is 11.5 Å². The number of rotatable bonds is 7. The number of ether oxygens (including phenoxy) is 2. The fourth-order valence-electron chi connectivity index (χ4n) is 2.13. The third-order valence-corrected chi connectivity index (χ3v) is 3.68. The third-order valence-electron chi connectivity index (χ3n) is 3.42. The highest BCUT2D eigenvalue weighted by Gasteiger charge is 2.16. The molecule has 0 radical (unpaired) electrons. The van der Waals surface area contributed by atoms with Crippen molar-refractivity contribution < 1.29 is 19.4 Å². The minimum atomic E-state index is -0.798. The molecular formula is C18H20ClNO4. The first-order valence-electron chi connectivity index (χ1n) is 7.45. The molecule has 6 heteroatoms. The molecule has 128 valence electrons. The Morgan fingerprint density at radius 2 is 1.71 bits per heavy atom. The van der Waals surface area contributed by atoms with Gasteiger partial charge in [0.1, 0.15) is 24.2 Å². The molecule has 0 bridgehead atoms. The summed E-state index contributed by atoms with van der Waals surface area (Å²) < 4.78 is 10.6. The molecule has 0 saturated heterocycles. The van der Waals surface area contributed by atoms with E-state index in [0.29, 0.717) is 16.3 Å². The average Bonchev–Trinajstić information content (AvgIpc) is 2.60. The van der Waals surface area contributed by atoms with E-state index in [9.17, 15) is 9.90 Å². The first kappa shape index (κ1) is 18.1. The number of nitrogens with zero attached hydrogens (tertiary/aromatic N) is 1. The van der Waals surface area contributed by atoms with E-state index in [-0.39, 0.29) is 19.1 Å². The van der Waals surface area contributed by atoms with Crippen molar-refractivity contribution in [3.63, 3.8) is 0 Å². The molecule has 24 heavy (non-hydrogen) atoms. The average molecular weight is 350 g/mol. The Bertz CT molecular complexity index is 658. The maximum absolute atomic E-state index is 12.3. The normalized spacial score (nSPS) is 11.7. The number of carbonyl (C=O) groups excluding carboxylic acids is 1. The highest BCUT2D eigenvalue weighted by Crippen LogP contribution is 2.17. The summed E-state index contributed by atoms with van der Waals surface area (Å²) in [7, 11) is 3.22. The minimum absolute atomic E-state index is 0.0879. The van der Waals surface area contributed by atoms with Crippen molar-refractivity contribution in [2.45, 2.75) is 6.10 Å². The summed E-state index contributed by atoms with van der Waals surface area (Å²) in [6.45, 7) is 0.252. The molecule has 0 aliphatic rings. The number of carbonyl (C=O) groups is 1. The van der Waals surface area contributed by atoms with Crippen molar-refractivity contribution in [3.8, 4) is 11.5 Å². The topological polar surface area (TPSA) is 59.0 Å². The molecule has 0 fully saturated rings. The zero-order chi connectivity index (χ0) is 17.5. The van der Waals surface area contributed by atoms with Gasteiger partial charge < -0.3 is 19.5 Å². The van der Waals surface area contributed by atoms with Crippen molar-refractivity contribution in [2.75, 3.05) is 27.3 Å². The fourth-order valence-corrected chi connectivity index (χ4v) is 2.25.